The largest absolute Gasteiger partial charge is 0.544 e. The molecule has 0 aliphatic heterocycles. The first-order valence-electron chi connectivity index (χ1n) is 17.1. The smallest absolute Gasteiger partial charge is 0.130 e. The van der Waals surface area contributed by atoms with Gasteiger partial charge in [0.2, 0.25) is 0 Å². The molecular weight excluding hydrogens is 695 g/mol. The van der Waals surface area contributed by atoms with Gasteiger partial charge in [0.1, 0.15) is 30.3 Å². The van der Waals surface area contributed by atoms with Crippen LogP contribution in [0.2, 0.25) is 0 Å². The van der Waals surface area contributed by atoms with Gasteiger partial charge in [0.15, 0.2) is 0 Å². The molecule has 0 saturated carbocycles. The molecule has 0 aliphatic carbocycles. The van der Waals surface area contributed by atoms with Crippen molar-refractivity contribution < 1.29 is 70.2 Å². The SMILES string of the molecule is CC(C)[NH3+].CC(O)[C@H](C)[NH3+].CSCC[C@H](C)[NH3+].C[C@H]([NH3+])CO.C[C@H]([NH3+])CS.Cc1ccc(C[C@@H]([NH3+])C(=O)[O-])cc1.[NH3+][C@H](Cc1cnc[nH]1)C(=O)[O-]. The molecule has 0 fully saturated rings. The molecule has 0 bridgehead atoms. The van der Waals surface area contributed by atoms with Gasteiger partial charge < -0.3 is 75.1 Å². The van der Waals surface area contributed by atoms with Crippen molar-refractivity contribution >= 4 is 36.3 Å². The Morgan fingerprint density at radius 1 is 0.843 bits per heavy atom. The summed E-state index contributed by atoms with van der Waals surface area (Å²) in [6.07, 6.45) is 6.96. The number of aliphatic carboxylic acids is 2. The number of hydrogen-bond acceptors (Lipinski definition) is 9. The van der Waals surface area contributed by atoms with E-state index in [9.17, 15) is 19.8 Å². The van der Waals surface area contributed by atoms with Crippen LogP contribution in [0.15, 0.2) is 36.8 Å². The third kappa shape index (κ3) is 54.6. The molecule has 7 atom stereocenters. The first kappa shape index (κ1) is 58.0. The summed E-state index contributed by atoms with van der Waals surface area (Å²) in [5.41, 5.74) is 28.1. The molecule has 17 heteroatoms. The van der Waals surface area contributed by atoms with Gasteiger partial charge in [-0.2, -0.15) is 24.4 Å². The maximum Gasteiger partial charge on any atom is 0.130 e. The van der Waals surface area contributed by atoms with Gasteiger partial charge in [0.25, 0.3) is 0 Å². The summed E-state index contributed by atoms with van der Waals surface area (Å²) in [4.78, 5) is 27.1. The number of aryl methyl sites for hydroxylation is 1. The molecule has 2 aromatic rings. The van der Waals surface area contributed by atoms with Crippen molar-refractivity contribution in [2.45, 2.75) is 123 Å². The highest BCUT2D eigenvalue weighted by atomic mass is 32.2. The van der Waals surface area contributed by atoms with Crippen molar-refractivity contribution in [1.82, 2.24) is 9.97 Å². The minimum atomic E-state index is -1.14. The van der Waals surface area contributed by atoms with E-state index in [4.69, 9.17) is 10.2 Å². The zero-order valence-electron chi connectivity index (χ0n) is 33.1. The van der Waals surface area contributed by atoms with Crippen LogP contribution in [0, 0.1) is 6.92 Å². The number of rotatable bonds is 12. The Hall–Kier alpha value is -2.29. The number of nitrogens with zero attached hydrogens (tertiary/aromatic N) is 1. The molecule has 0 saturated heterocycles. The zero-order chi connectivity index (χ0) is 41.1. The number of carbonyl (C=O) groups excluding carboxylic acids is 2. The average Bonchev–Trinajstić information content (AvgIpc) is 3.55. The monoisotopic (exact) mass is 773 g/mol. The van der Waals surface area contributed by atoms with Crippen LogP contribution in [0.3, 0.4) is 0 Å². The summed E-state index contributed by atoms with van der Waals surface area (Å²) in [5.74, 6) is -0.0924. The molecule has 0 aliphatic rings. The molecule has 15 nitrogen and oxygen atoms in total. The van der Waals surface area contributed by atoms with Crippen molar-refractivity contribution in [3.05, 3.63) is 53.6 Å². The van der Waals surface area contributed by atoms with Crippen LogP contribution < -0.4 is 50.3 Å². The summed E-state index contributed by atoms with van der Waals surface area (Å²) in [5, 5.41) is 37.3. The van der Waals surface area contributed by atoms with E-state index in [2.05, 4.69) is 89.8 Å². The van der Waals surface area contributed by atoms with E-state index in [-0.39, 0.29) is 24.8 Å². The van der Waals surface area contributed by atoms with Crippen molar-refractivity contribution in [2.75, 3.05) is 24.4 Å². The first-order valence-corrected chi connectivity index (χ1v) is 19.2. The lowest BCUT2D eigenvalue weighted by Crippen LogP contribution is -2.69. The highest BCUT2D eigenvalue weighted by Gasteiger charge is 2.09. The second-order valence-corrected chi connectivity index (χ2v) is 14.4. The standard InChI is InChI=1S/C10H13NO2.C6H9N3O2.C5H13NS.C4H11NO.C3H9NO.C3H9NS.C3H9N/c1-7-2-4-8(5-3-7)6-9(11)10(12)13;7-5(6(10)11)1-4-2-8-3-9-4;1-5(6)3-4-7-2;1-3(5)4(2)6;2*1-3(4)2-5;1-3(2)4/h2-5,9H,6,11H2,1H3,(H,12,13);2-3,5H,1,7H2,(H,8,9)(H,10,11);5H,3-4,6H2,1-2H3;3-4,6H,5H2,1-2H3;2*3,5H,2,4H2,1H3;3H,4H2,1-2H3/p+5/t9-;2*5-;3-,4?;2*3-;/m110000./s1. The molecule has 1 heterocycles. The zero-order valence-corrected chi connectivity index (χ0v) is 34.8. The van der Waals surface area contributed by atoms with Crippen molar-refractivity contribution in [1.29, 1.82) is 0 Å². The normalized spacial score (nSPS) is 13.9. The van der Waals surface area contributed by atoms with Crippen LogP contribution in [0.1, 0.15) is 71.7 Å². The molecule has 1 unspecified atom stereocenters. The Balaban J connectivity index is -0.000000169. The number of nitrogens with one attached hydrogen (secondary N) is 1. The van der Waals surface area contributed by atoms with Crippen LogP contribution >= 0.6 is 24.4 Å². The van der Waals surface area contributed by atoms with Gasteiger partial charge in [-0.3, -0.25) is 0 Å². The fourth-order valence-corrected chi connectivity index (χ4v) is 2.79. The highest BCUT2D eigenvalue weighted by molar-refractivity contribution is 7.98. The molecular formula is C34H78N9O6S2+5. The molecule has 0 radical (unpaired) electrons. The molecule has 0 spiro atoms. The average molecular weight is 773 g/mol. The lowest BCUT2D eigenvalue weighted by Gasteiger charge is -2.08. The van der Waals surface area contributed by atoms with E-state index in [0.717, 1.165) is 22.6 Å². The van der Waals surface area contributed by atoms with Gasteiger partial charge in [-0.25, -0.2) is 4.98 Å². The highest BCUT2D eigenvalue weighted by Crippen LogP contribution is 2.04. The van der Waals surface area contributed by atoms with Crippen LogP contribution in [-0.4, -0.2) is 105 Å². The second-order valence-electron chi connectivity index (χ2n) is 13.1. The number of aliphatic hydroxyl groups is 2. The van der Waals surface area contributed by atoms with E-state index in [1.165, 1.54) is 18.5 Å². The Bertz CT molecular complexity index is 1000. The number of benzene rings is 1. The number of carbonyl (C=O) groups is 2. The van der Waals surface area contributed by atoms with Gasteiger partial charge in [-0.1, -0.05) is 29.8 Å². The van der Waals surface area contributed by atoms with Gasteiger partial charge in [0.05, 0.1) is 43.0 Å². The molecule has 24 N–H and O–H groups in total. The summed E-state index contributed by atoms with van der Waals surface area (Å²) >= 11 is 5.84. The van der Waals surface area contributed by atoms with Crippen LogP contribution in [-0.2, 0) is 22.4 Å². The number of aromatic amines is 1. The Kier molecular flexibility index (Phi) is 44.3. The number of hydrogen-bond donors (Lipinski definition) is 11. The predicted octanol–water partition coefficient (Wildman–Crippen LogP) is -6.63. The van der Waals surface area contributed by atoms with Crippen molar-refractivity contribution in [3.8, 4) is 0 Å². The van der Waals surface area contributed by atoms with Gasteiger partial charge in [0, 0.05) is 36.9 Å². The minimum Gasteiger partial charge on any atom is -0.544 e. The van der Waals surface area contributed by atoms with Gasteiger partial charge in [-0.05, 0) is 73.0 Å². The number of carboxylic acids is 2. The quantitative estimate of drug-likeness (QED) is 0.0919. The number of imidazole rings is 1. The number of thiol groups is 1. The summed E-state index contributed by atoms with van der Waals surface area (Å²) in [7, 11) is 0. The molecule has 2 rings (SSSR count). The number of aromatic nitrogens is 2. The molecule has 0 amide bonds. The molecule has 1 aromatic heterocycles. The lowest BCUT2D eigenvalue weighted by atomic mass is 10.1. The maximum atomic E-state index is 10.4. The van der Waals surface area contributed by atoms with E-state index >= 15 is 0 Å². The van der Waals surface area contributed by atoms with Crippen molar-refractivity contribution in [2.24, 2.45) is 0 Å². The molecule has 302 valence electrons. The summed E-state index contributed by atoms with van der Waals surface area (Å²) < 4.78 is 0. The lowest BCUT2D eigenvalue weighted by molar-refractivity contribution is -0.437. The fourth-order valence-electron chi connectivity index (χ4n) is 2.16. The Morgan fingerprint density at radius 3 is 1.47 bits per heavy atom. The number of H-pyrrole nitrogens is 1. The number of quaternary nitrogens is 7. The number of carboxylic acid groups (broad SMARTS) is 2. The topological polar surface area (TPSA) is 343 Å². The van der Waals surface area contributed by atoms with Gasteiger partial charge >= 0.3 is 0 Å². The third-order valence-corrected chi connectivity index (χ3v) is 6.82. The Morgan fingerprint density at radius 2 is 1.24 bits per heavy atom. The summed E-state index contributed by atoms with van der Waals surface area (Å²) in [6, 6.07) is 8.42. The second kappa shape index (κ2) is 38.9. The molecule has 51 heavy (non-hydrogen) atoms. The number of thioether (sulfide) groups is 1. The van der Waals surface area contributed by atoms with Crippen LogP contribution in [0.25, 0.3) is 0 Å². The van der Waals surface area contributed by atoms with E-state index < -0.39 is 24.0 Å². The maximum absolute atomic E-state index is 10.4. The minimum absolute atomic E-state index is 0.157. The summed E-state index contributed by atoms with van der Waals surface area (Å²) in [6.45, 7) is 16.0. The third-order valence-electron chi connectivity index (χ3n) is 5.55. The fraction of sp³-hybridized carbons (Fsp3) is 0.676. The van der Waals surface area contributed by atoms with E-state index in [1.54, 1.807) is 13.1 Å². The predicted molar refractivity (Wildman–Crippen MR) is 204 cm³/mol. The van der Waals surface area contributed by atoms with Gasteiger partial charge in [-0.15, -0.1) is 0 Å². The van der Waals surface area contributed by atoms with E-state index in [1.807, 2.05) is 63.7 Å². The van der Waals surface area contributed by atoms with Crippen molar-refractivity contribution in [3.63, 3.8) is 0 Å². The van der Waals surface area contributed by atoms with Crippen LogP contribution in [0.5, 0.6) is 0 Å². The van der Waals surface area contributed by atoms with E-state index in [0.29, 0.717) is 31.0 Å². The molecule has 1 aromatic carbocycles. The number of aliphatic hydroxyl groups excluding tert-OH is 2. The Labute approximate surface area is 316 Å². The van der Waals surface area contributed by atoms with Crippen LogP contribution in [0.4, 0.5) is 0 Å². The first-order chi connectivity index (χ1) is 23.5.